The molecule has 1 amide bonds. The number of benzene rings is 1. The lowest BCUT2D eigenvalue weighted by Gasteiger charge is -2.31. The first-order chi connectivity index (χ1) is 16.9. The van der Waals surface area contributed by atoms with Crippen LogP contribution in [0.4, 0.5) is 5.69 Å². The highest BCUT2D eigenvalue weighted by Crippen LogP contribution is 2.42. The lowest BCUT2D eigenvalue weighted by Crippen LogP contribution is -2.45. The summed E-state index contributed by atoms with van der Waals surface area (Å²) >= 11 is 6.40. The second-order valence-electron chi connectivity index (χ2n) is 8.63. The molecule has 0 spiro atoms. The molecule has 1 saturated heterocycles. The number of aromatic nitrogens is 3. The van der Waals surface area contributed by atoms with Crippen molar-refractivity contribution in [3.05, 3.63) is 75.4 Å². The molecular weight excluding hydrogens is 470 g/mol. The van der Waals surface area contributed by atoms with Crippen LogP contribution in [0.3, 0.4) is 0 Å². The molecule has 10 heteroatoms. The maximum absolute atomic E-state index is 13.2. The zero-order valence-corrected chi connectivity index (χ0v) is 19.4. The fourth-order valence-electron chi connectivity index (χ4n) is 4.71. The van der Waals surface area contributed by atoms with Crippen LogP contribution in [0.5, 0.6) is 0 Å². The topological polar surface area (TPSA) is 125 Å². The van der Waals surface area contributed by atoms with Crippen molar-refractivity contribution < 1.29 is 14.4 Å². The lowest BCUT2D eigenvalue weighted by atomic mass is 9.88. The summed E-state index contributed by atoms with van der Waals surface area (Å²) in [6.07, 6.45) is 5.02. The molecule has 178 valence electrons. The minimum Gasteiger partial charge on any atom is -0.382 e. The molecule has 2 aliphatic rings. The van der Waals surface area contributed by atoms with Crippen molar-refractivity contribution >= 4 is 34.8 Å². The van der Waals surface area contributed by atoms with E-state index >= 15 is 0 Å². The number of ketones is 2. The number of aromatic amines is 1. The largest absolute Gasteiger partial charge is 0.382 e. The standard InChI is InChI=1S/C25H22ClN5O4/c26-17-11-30-21(18-12-28-19(32)13-27-18)22-20(17)16(10-29-22)24(34)25(35)31-8-6-15(7-9-31)23(33)14-4-2-1-3-5-14/h1-5,11-13,15-16,29H,6-10H2,(H,28,32). The van der Waals surface area contributed by atoms with Crippen molar-refractivity contribution in [2.24, 2.45) is 5.92 Å². The van der Waals surface area contributed by atoms with Gasteiger partial charge in [-0.25, -0.2) is 4.98 Å². The number of fused-ring (bicyclic) bond motifs is 1. The van der Waals surface area contributed by atoms with Gasteiger partial charge in [0.25, 0.3) is 11.5 Å². The predicted octanol–water partition coefficient (Wildman–Crippen LogP) is 2.69. The van der Waals surface area contributed by atoms with E-state index in [4.69, 9.17) is 11.6 Å². The molecule has 2 N–H and O–H groups in total. The van der Waals surface area contributed by atoms with Crippen LogP contribution in [0.15, 0.2) is 53.7 Å². The number of hydrogen-bond donors (Lipinski definition) is 2. The molecule has 0 aliphatic carbocycles. The van der Waals surface area contributed by atoms with E-state index in [1.807, 2.05) is 18.2 Å². The minimum atomic E-state index is -0.766. The maximum atomic E-state index is 13.2. The molecule has 9 nitrogen and oxygen atoms in total. The highest BCUT2D eigenvalue weighted by molar-refractivity contribution is 6.40. The van der Waals surface area contributed by atoms with E-state index in [2.05, 4.69) is 20.3 Å². The zero-order valence-electron chi connectivity index (χ0n) is 18.7. The number of halogens is 1. The first kappa shape index (κ1) is 22.9. The summed E-state index contributed by atoms with van der Waals surface area (Å²) < 4.78 is 0. The molecule has 35 heavy (non-hydrogen) atoms. The highest BCUT2D eigenvalue weighted by Gasteiger charge is 2.39. The van der Waals surface area contributed by atoms with Gasteiger partial charge >= 0.3 is 0 Å². The molecule has 5 rings (SSSR count). The Morgan fingerprint density at radius 2 is 1.77 bits per heavy atom. The summed E-state index contributed by atoms with van der Waals surface area (Å²) in [7, 11) is 0. The average molecular weight is 492 g/mol. The van der Waals surface area contributed by atoms with Crippen molar-refractivity contribution in [2.75, 3.05) is 25.0 Å². The monoisotopic (exact) mass is 491 g/mol. The van der Waals surface area contributed by atoms with E-state index in [-0.39, 0.29) is 28.8 Å². The zero-order chi connectivity index (χ0) is 24.5. The van der Waals surface area contributed by atoms with Gasteiger partial charge in [0.05, 0.1) is 22.8 Å². The van der Waals surface area contributed by atoms with Crippen LogP contribution in [0.2, 0.25) is 5.02 Å². The molecule has 3 aromatic rings. The normalized spacial score (nSPS) is 17.5. The third-order valence-electron chi connectivity index (χ3n) is 6.56. The number of likely N-dealkylation sites (tertiary alicyclic amines) is 1. The van der Waals surface area contributed by atoms with E-state index in [1.54, 1.807) is 12.1 Å². The molecule has 0 saturated carbocycles. The Labute approximate surface area is 205 Å². The average Bonchev–Trinajstić information content (AvgIpc) is 3.35. The summed E-state index contributed by atoms with van der Waals surface area (Å²) in [6.45, 7) is 0.888. The number of nitrogens with zero attached hydrogens (tertiary/aromatic N) is 3. The van der Waals surface area contributed by atoms with Gasteiger partial charge in [-0.05, 0) is 12.8 Å². The Hall–Kier alpha value is -3.85. The number of nitrogens with one attached hydrogen (secondary N) is 2. The predicted molar refractivity (Wildman–Crippen MR) is 129 cm³/mol. The van der Waals surface area contributed by atoms with Crippen LogP contribution in [0.25, 0.3) is 11.4 Å². The third-order valence-corrected chi connectivity index (χ3v) is 6.86. The fraction of sp³-hybridized carbons (Fsp3) is 0.280. The van der Waals surface area contributed by atoms with Crippen LogP contribution >= 0.6 is 11.6 Å². The summed E-state index contributed by atoms with van der Waals surface area (Å²) in [4.78, 5) is 62.9. The van der Waals surface area contributed by atoms with Gasteiger partial charge in [0.1, 0.15) is 11.4 Å². The molecule has 1 aromatic carbocycles. The summed E-state index contributed by atoms with van der Waals surface area (Å²) in [5, 5.41) is 3.41. The number of carbonyl (C=O) groups excluding carboxylic acids is 3. The second kappa shape index (κ2) is 9.42. The van der Waals surface area contributed by atoms with Crippen molar-refractivity contribution in [1.82, 2.24) is 19.9 Å². The number of piperidine rings is 1. The quantitative estimate of drug-likeness (QED) is 0.415. The van der Waals surface area contributed by atoms with Crippen LogP contribution < -0.4 is 10.9 Å². The molecule has 1 fully saturated rings. The summed E-state index contributed by atoms with van der Waals surface area (Å²) in [6, 6.07) is 9.11. The van der Waals surface area contributed by atoms with Crippen molar-refractivity contribution in [3.8, 4) is 11.4 Å². The first-order valence-corrected chi connectivity index (χ1v) is 11.7. The molecule has 1 unspecified atom stereocenters. The van der Waals surface area contributed by atoms with Gasteiger partial charge in [0, 0.05) is 49.1 Å². The highest BCUT2D eigenvalue weighted by atomic mass is 35.5. The Morgan fingerprint density at radius 1 is 1.03 bits per heavy atom. The number of pyridine rings is 1. The number of anilines is 1. The van der Waals surface area contributed by atoms with E-state index in [0.29, 0.717) is 54.1 Å². The minimum absolute atomic E-state index is 0.0700. The number of hydrogen-bond acceptors (Lipinski definition) is 7. The Kier molecular flexibility index (Phi) is 6.17. The summed E-state index contributed by atoms with van der Waals surface area (Å²) in [5.74, 6) is -2.00. The maximum Gasteiger partial charge on any atom is 0.290 e. The van der Waals surface area contributed by atoms with Gasteiger partial charge in [-0.2, -0.15) is 0 Å². The van der Waals surface area contributed by atoms with Crippen molar-refractivity contribution in [3.63, 3.8) is 0 Å². The van der Waals surface area contributed by atoms with Crippen LogP contribution in [0.1, 0.15) is 34.7 Å². The van der Waals surface area contributed by atoms with Crippen molar-refractivity contribution in [2.45, 2.75) is 18.8 Å². The molecule has 0 bridgehead atoms. The van der Waals surface area contributed by atoms with Crippen LogP contribution in [-0.4, -0.2) is 57.0 Å². The molecule has 1 atom stereocenters. The fourth-order valence-corrected chi connectivity index (χ4v) is 4.98. The molecule has 4 heterocycles. The Bertz CT molecular complexity index is 1350. The second-order valence-corrected chi connectivity index (χ2v) is 9.04. The number of Topliss-reactive ketones (excluding diaryl/α,β-unsaturated/α-hetero) is 2. The van der Waals surface area contributed by atoms with E-state index in [9.17, 15) is 19.2 Å². The number of amides is 1. The molecular formula is C25H22ClN5O4. The SMILES string of the molecule is O=C(c1ccccc1)C1CCN(C(=O)C(=O)C2CNc3c(-c4c[nH]c(=O)cn4)ncc(Cl)c32)CC1. The van der Waals surface area contributed by atoms with E-state index in [1.165, 1.54) is 17.3 Å². The Morgan fingerprint density at radius 3 is 2.46 bits per heavy atom. The number of rotatable bonds is 5. The summed E-state index contributed by atoms with van der Waals surface area (Å²) in [5.41, 5.74) is 2.18. The van der Waals surface area contributed by atoms with Crippen LogP contribution in [0, 0.1) is 5.92 Å². The molecule has 2 aromatic heterocycles. The molecule has 2 aliphatic heterocycles. The van der Waals surface area contributed by atoms with Gasteiger partial charge in [-0.3, -0.25) is 24.2 Å². The lowest BCUT2D eigenvalue weighted by molar-refractivity contribution is -0.146. The van der Waals surface area contributed by atoms with Gasteiger partial charge in [-0.15, -0.1) is 0 Å². The van der Waals surface area contributed by atoms with Gasteiger partial charge < -0.3 is 15.2 Å². The van der Waals surface area contributed by atoms with E-state index < -0.39 is 17.6 Å². The van der Waals surface area contributed by atoms with Crippen LogP contribution in [-0.2, 0) is 9.59 Å². The van der Waals surface area contributed by atoms with Crippen molar-refractivity contribution in [1.29, 1.82) is 0 Å². The van der Waals surface area contributed by atoms with Gasteiger partial charge in [0.15, 0.2) is 5.78 Å². The van der Waals surface area contributed by atoms with Gasteiger partial charge in [0.2, 0.25) is 5.78 Å². The molecule has 0 radical (unpaired) electrons. The van der Waals surface area contributed by atoms with Gasteiger partial charge in [-0.1, -0.05) is 41.9 Å². The van der Waals surface area contributed by atoms with E-state index in [0.717, 1.165) is 6.20 Å². The first-order valence-electron chi connectivity index (χ1n) is 11.3. The third kappa shape index (κ3) is 4.35. The number of H-pyrrole nitrogens is 1. The Balaban J connectivity index is 1.30. The smallest absolute Gasteiger partial charge is 0.290 e. The number of carbonyl (C=O) groups is 3.